The predicted octanol–water partition coefficient (Wildman–Crippen LogP) is 4.93. The summed E-state index contributed by atoms with van der Waals surface area (Å²) in [4.78, 5) is 16.5. The minimum Gasteiger partial charge on any atom is -0.374 e. The van der Waals surface area contributed by atoms with Gasteiger partial charge in [-0.05, 0) is 55.2 Å². The largest absolute Gasteiger partial charge is 0.374 e. The number of nitrogens with one attached hydrogen (secondary N) is 1. The lowest BCUT2D eigenvalue weighted by molar-refractivity contribution is 0.100. The van der Waals surface area contributed by atoms with Crippen molar-refractivity contribution < 1.29 is 4.79 Å². The summed E-state index contributed by atoms with van der Waals surface area (Å²) in [6, 6.07) is 12.7. The first-order valence-corrected chi connectivity index (χ1v) is 10.6. The molecule has 1 amide bonds. The van der Waals surface area contributed by atoms with Crippen LogP contribution in [-0.4, -0.2) is 15.5 Å². The highest BCUT2D eigenvalue weighted by molar-refractivity contribution is 6.33. The highest BCUT2D eigenvalue weighted by Gasteiger charge is 2.29. The number of fused-ring (bicyclic) bond motifs is 1. The standard InChI is InChI=1S/C23H24ClN5O/c1-29-20-10-8-16(22(26)30)12-19(20)28-23(29)21(15-5-3-2-4-6-15)27-18-11-14(13-25)7-9-17(18)24/h7-12,15,21,27H,2-6H2,1H3,(H2,26,30). The Morgan fingerprint density at radius 1 is 1.27 bits per heavy atom. The van der Waals surface area contributed by atoms with Crippen molar-refractivity contribution in [3.8, 4) is 6.07 Å². The number of aromatic nitrogens is 2. The van der Waals surface area contributed by atoms with Gasteiger partial charge in [0, 0.05) is 12.6 Å². The van der Waals surface area contributed by atoms with Gasteiger partial charge >= 0.3 is 0 Å². The maximum atomic E-state index is 11.6. The van der Waals surface area contributed by atoms with Crippen molar-refractivity contribution in [3.63, 3.8) is 0 Å². The van der Waals surface area contributed by atoms with E-state index in [2.05, 4.69) is 16.0 Å². The third-order valence-corrected chi connectivity index (χ3v) is 6.34. The molecule has 30 heavy (non-hydrogen) atoms. The van der Waals surface area contributed by atoms with Gasteiger partial charge in [0.15, 0.2) is 0 Å². The Labute approximate surface area is 180 Å². The van der Waals surface area contributed by atoms with Crippen LogP contribution in [0.4, 0.5) is 5.69 Å². The molecule has 3 aromatic rings. The van der Waals surface area contributed by atoms with Crippen LogP contribution in [0.25, 0.3) is 11.0 Å². The molecule has 1 heterocycles. The fourth-order valence-electron chi connectivity index (χ4n) is 4.38. The van der Waals surface area contributed by atoms with Crippen molar-refractivity contribution in [1.82, 2.24) is 9.55 Å². The van der Waals surface area contributed by atoms with Crippen LogP contribution in [-0.2, 0) is 7.05 Å². The highest BCUT2D eigenvalue weighted by Crippen LogP contribution is 2.38. The van der Waals surface area contributed by atoms with Gasteiger partial charge in [-0.3, -0.25) is 4.79 Å². The van der Waals surface area contributed by atoms with Crippen LogP contribution < -0.4 is 11.1 Å². The van der Waals surface area contributed by atoms with Gasteiger partial charge in [-0.1, -0.05) is 30.9 Å². The molecule has 1 unspecified atom stereocenters. The van der Waals surface area contributed by atoms with E-state index in [1.165, 1.54) is 19.3 Å². The van der Waals surface area contributed by atoms with Crippen molar-refractivity contribution in [1.29, 1.82) is 5.26 Å². The second-order valence-corrected chi connectivity index (χ2v) is 8.33. The number of anilines is 1. The monoisotopic (exact) mass is 421 g/mol. The zero-order valence-electron chi connectivity index (χ0n) is 16.9. The summed E-state index contributed by atoms with van der Waals surface area (Å²) >= 11 is 6.45. The summed E-state index contributed by atoms with van der Waals surface area (Å²) in [5.74, 6) is 0.815. The van der Waals surface area contributed by atoms with Crippen LogP contribution in [0.3, 0.4) is 0 Å². The second kappa shape index (κ2) is 8.37. The summed E-state index contributed by atoms with van der Waals surface area (Å²) in [7, 11) is 1.99. The zero-order chi connectivity index (χ0) is 21.3. The van der Waals surface area contributed by atoms with E-state index >= 15 is 0 Å². The van der Waals surface area contributed by atoms with E-state index < -0.39 is 5.91 Å². The minimum atomic E-state index is -0.467. The average Bonchev–Trinajstić information content (AvgIpc) is 3.09. The number of nitrogens with zero attached hydrogens (tertiary/aromatic N) is 3. The van der Waals surface area contributed by atoms with Crippen LogP contribution >= 0.6 is 11.6 Å². The van der Waals surface area contributed by atoms with E-state index in [9.17, 15) is 10.1 Å². The fourth-order valence-corrected chi connectivity index (χ4v) is 4.56. The number of carbonyl (C=O) groups is 1. The molecule has 1 atom stereocenters. The van der Waals surface area contributed by atoms with Crippen LogP contribution in [0.2, 0.25) is 5.02 Å². The molecule has 1 aliphatic rings. The summed E-state index contributed by atoms with van der Waals surface area (Å²) < 4.78 is 2.06. The molecule has 2 aromatic carbocycles. The van der Waals surface area contributed by atoms with E-state index in [0.717, 1.165) is 35.4 Å². The number of aryl methyl sites for hydroxylation is 1. The Balaban J connectivity index is 1.79. The second-order valence-electron chi connectivity index (χ2n) is 7.92. The highest BCUT2D eigenvalue weighted by atomic mass is 35.5. The van der Waals surface area contributed by atoms with E-state index in [1.807, 2.05) is 13.1 Å². The fraction of sp³-hybridized carbons (Fsp3) is 0.348. The van der Waals surface area contributed by atoms with E-state index in [-0.39, 0.29) is 6.04 Å². The molecular formula is C23H24ClN5O. The Bertz CT molecular complexity index is 1140. The molecule has 1 saturated carbocycles. The summed E-state index contributed by atoms with van der Waals surface area (Å²) in [6.07, 6.45) is 5.82. The lowest BCUT2D eigenvalue weighted by atomic mass is 9.83. The van der Waals surface area contributed by atoms with Gasteiger partial charge in [-0.2, -0.15) is 5.26 Å². The molecule has 1 fully saturated rings. The SMILES string of the molecule is Cn1c(C(Nc2cc(C#N)ccc2Cl)C2CCCCC2)nc2cc(C(N)=O)ccc21. The lowest BCUT2D eigenvalue weighted by Crippen LogP contribution is -2.26. The number of imidazole rings is 1. The normalized spacial score (nSPS) is 15.6. The number of hydrogen-bond acceptors (Lipinski definition) is 4. The number of benzene rings is 2. The maximum Gasteiger partial charge on any atom is 0.248 e. The Morgan fingerprint density at radius 2 is 2.03 bits per heavy atom. The van der Waals surface area contributed by atoms with E-state index in [0.29, 0.717) is 22.1 Å². The first-order valence-electron chi connectivity index (χ1n) is 10.2. The number of nitriles is 1. The third kappa shape index (κ3) is 3.86. The molecule has 154 valence electrons. The van der Waals surface area contributed by atoms with Gasteiger partial charge in [0.05, 0.1) is 39.4 Å². The topological polar surface area (TPSA) is 96.7 Å². The van der Waals surface area contributed by atoms with Crippen LogP contribution in [0.15, 0.2) is 36.4 Å². The van der Waals surface area contributed by atoms with Gasteiger partial charge in [0.25, 0.3) is 0 Å². The summed E-state index contributed by atoms with van der Waals surface area (Å²) in [5.41, 5.74) is 8.86. The molecule has 0 aliphatic heterocycles. The molecule has 0 saturated heterocycles. The van der Waals surface area contributed by atoms with E-state index in [1.54, 1.807) is 30.3 Å². The predicted molar refractivity (Wildman–Crippen MR) is 118 cm³/mol. The minimum absolute atomic E-state index is 0.0637. The first kappa shape index (κ1) is 20.2. The van der Waals surface area contributed by atoms with Gasteiger partial charge in [-0.15, -0.1) is 0 Å². The van der Waals surface area contributed by atoms with Crippen LogP contribution in [0.5, 0.6) is 0 Å². The number of nitrogens with two attached hydrogens (primary N) is 1. The van der Waals surface area contributed by atoms with Crippen molar-refractivity contribution in [2.24, 2.45) is 18.7 Å². The Hall–Kier alpha value is -3.04. The van der Waals surface area contributed by atoms with E-state index in [4.69, 9.17) is 22.3 Å². The molecule has 7 heteroatoms. The molecule has 6 nitrogen and oxygen atoms in total. The van der Waals surface area contributed by atoms with Crippen molar-refractivity contribution >= 4 is 34.2 Å². The molecule has 4 rings (SSSR count). The number of rotatable bonds is 5. The van der Waals surface area contributed by atoms with Crippen molar-refractivity contribution in [2.75, 3.05) is 5.32 Å². The smallest absolute Gasteiger partial charge is 0.248 e. The number of amides is 1. The Morgan fingerprint density at radius 3 is 2.73 bits per heavy atom. The molecular weight excluding hydrogens is 398 g/mol. The summed E-state index contributed by atoms with van der Waals surface area (Å²) in [5, 5.41) is 13.5. The van der Waals surface area contributed by atoms with Crippen LogP contribution in [0.1, 0.15) is 59.9 Å². The number of halogens is 1. The molecule has 1 aliphatic carbocycles. The van der Waals surface area contributed by atoms with Gasteiger partial charge in [0.2, 0.25) is 5.91 Å². The van der Waals surface area contributed by atoms with Crippen molar-refractivity contribution in [3.05, 3.63) is 58.4 Å². The number of hydrogen-bond donors (Lipinski definition) is 2. The number of carbonyl (C=O) groups excluding carboxylic acids is 1. The molecule has 0 radical (unpaired) electrons. The molecule has 1 aromatic heterocycles. The van der Waals surface area contributed by atoms with Crippen LogP contribution in [0, 0.1) is 17.2 Å². The zero-order valence-corrected chi connectivity index (χ0v) is 17.6. The molecule has 0 spiro atoms. The molecule has 3 N–H and O–H groups in total. The maximum absolute atomic E-state index is 11.6. The lowest BCUT2D eigenvalue weighted by Gasteiger charge is -2.31. The van der Waals surface area contributed by atoms with Gasteiger partial charge in [0.1, 0.15) is 5.82 Å². The van der Waals surface area contributed by atoms with Gasteiger partial charge < -0.3 is 15.6 Å². The number of primary amides is 1. The van der Waals surface area contributed by atoms with Crippen molar-refractivity contribution in [2.45, 2.75) is 38.1 Å². The quantitative estimate of drug-likeness (QED) is 0.610. The average molecular weight is 422 g/mol. The van der Waals surface area contributed by atoms with Gasteiger partial charge in [-0.25, -0.2) is 4.98 Å². The molecule has 0 bridgehead atoms. The Kier molecular flexibility index (Phi) is 5.65. The summed E-state index contributed by atoms with van der Waals surface area (Å²) in [6.45, 7) is 0. The third-order valence-electron chi connectivity index (χ3n) is 6.01. The first-order chi connectivity index (χ1) is 14.5.